The Kier molecular flexibility index (Phi) is 1.67. The first-order valence-corrected chi connectivity index (χ1v) is 3.04. The number of hydrogen-bond donors (Lipinski definition) is 0. The Labute approximate surface area is 59.1 Å². The summed E-state index contributed by atoms with van der Waals surface area (Å²) in [6, 6.07) is 4.44. The van der Waals surface area contributed by atoms with Crippen molar-refractivity contribution in [2.24, 2.45) is 0 Å². The van der Waals surface area contributed by atoms with E-state index < -0.39 is 0 Å². The Balaban J connectivity index is 3.17. The summed E-state index contributed by atoms with van der Waals surface area (Å²) in [5.41, 5.74) is 0.950. The predicted molar refractivity (Wildman–Crippen MR) is 36.8 cm³/mol. The Hall–Kier alpha value is -0.630. The largest absolute Gasteiger partial charge is 0.779 e. The summed E-state index contributed by atoms with van der Waals surface area (Å²) in [5.74, 6) is -0.259. The maximum absolute atomic E-state index is 12.3. The zero-order valence-corrected chi connectivity index (χ0v) is 5.83. The molecule has 0 N–H and O–H groups in total. The van der Waals surface area contributed by atoms with Gasteiger partial charge in [0.2, 0.25) is 0 Å². The van der Waals surface area contributed by atoms with Crippen LogP contribution in [0.5, 0.6) is 0 Å². The van der Waals surface area contributed by atoms with Crippen LogP contribution >= 0.6 is 0 Å². The fourth-order valence-electron chi connectivity index (χ4n) is 0.574. The Morgan fingerprint density at radius 3 is 2.56 bits per heavy atom. The van der Waals surface area contributed by atoms with E-state index in [4.69, 9.17) is 12.6 Å². The molecule has 1 aromatic carbocycles. The van der Waals surface area contributed by atoms with Gasteiger partial charge in [0, 0.05) is 0 Å². The smallest absolute Gasteiger partial charge is 0.121 e. The van der Waals surface area contributed by atoms with E-state index in [2.05, 4.69) is 0 Å². The van der Waals surface area contributed by atoms with Crippen molar-refractivity contribution in [3.63, 3.8) is 0 Å². The number of rotatable bonds is 0. The molecule has 0 radical (unpaired) electrons. The van der Waals surface area contributed by atoms with Gasteiger partial charge in [-0.3, -0.25) is 0 Å². The lowest BCUT2D eigenvalue weighted by atomic mass is 10.2. The summed E-state index contributed by atoms with van der Waals surface area (Å²) in [6.45, 7) is 1.86. The summed E-state index contributed by atoms with van der Waals surface area (Å²) in [4.78, 5) is 0.593. The van der Waals surface area contributed by atoms with Crippen LogP contribution < -0.4 is 0 Å². The molecular weight excluding hydrogens is 135 g/mol. The zero-order valence-electron chi connectivity index (χ0n) is 5.02. The standard InChI is InChI=1S/C7H7FS/c1-5-2-3-6(8)4-7(5)9/h2-4,9H,1H3/p-1. The number of hydrogen-bond acceptors (Lipinski definition) is 1. The molecule has 0 bridgehead atoms. The fraction of sp³-hybridized carbons (Fsp3) is 0.143. The highest BCUT2D eigenvalue weighted by Gasteiger charge is 1.86. The zero-order chi connectivity index (χ0) is 6.85. The molecule has 9 heavy (non-hydrogen) atoms. The maximum Gasteiger partial charge on any atom is 0.121 e. The minimum Gasteiger partial charge on any atom is -0.779 e. The molecule has 0 aliphatic carbocycles. The molecule has 0 aromatic heterocycles. The number of halogens is 1. The lowest BCUT2D eigenvalue weighted by Gasteiger charge is -2.07. The van der Waals surface area contributed by atoms with Crippen molar-refractivity contribution >= 4 is 12.6 Å². The van der Waals surface area contributed by atoms with Gasteiger partial charge in [-0.25, -0.2) is 4.39 Å². The molecule has 0 saturated heterocycles. The SMILES string of the molecule is Cc1ccc(F)cc1[S-]. The highest BCUT2D eigenvalue weighted by molar-refractivity contribution is 7.58. The van der Waals surface area contributed by atoms with Crippen molar-refractivity contribution in [3.8, 4) is 0 Å². The third-order valence-electron chi connectivity index (χ3n) is 1.15. The van der Waals surface area contributed by atoms with Crippen LogP contribution in [0.1, 0.15) is 5.56 Å². The molecule has 1 aromatic rings. The van der Waals surface area contributed by atoms with E-state index in [-0.39, 0.29) is 5.82 Å². The summed E-state index contributed by atoms with van der Waals surface area (Å²) >= 11 is 4.80. The Morgan fingerprint density at radius 2 is 2.11 bits per heavy atom. The van der Waals surface area contributed by atoms with E-state index in [0.29, 0.717) is 4.90 Å². The second-order valence-corrected chi connectivity index (χ2v) is 2.35. The van der Waals surface area contributed by atoms with Crippen LogP contribution in [0.4, 0.5) is 4.39 Å². The molecule has 0 unspecified atom stereocenters. The second kappa shape index (κ2) is 2.31. The van der Waals surface area contributed by atoms with Crippen molar-refractivity contribution in [1.29, 1.82) is 0 Å². The molecule has 0 fully saturated rings. The number of aryl methyl sites for hydroxylation is 1. The monoisotopic (exact) mass is 141 g/mol. The minimum absolute atomic E-state index is 0.259. The van der Waals surface area contributed by atoms with Crippen molar-refractivity contribution in [3.05, 3.63) is 29.6 Å². The van der Waals surface area contributed by atoms with Crippen LogP contribution in [0.2, 0.25) is 0 Å². The van der Waals surface area contributed by atoms with Gasteiger partial charge in [0.15, 0.2) is 0 Å². The lowest BCUT2D eigenvalue weighted by molar-refractivity contribution is 0.623. The lowest BCUT2D eigenvalue weighted by Crippen LogP contribution is -1.80. The van der Waals surface area contributed by atoms with Crippen LogP contribution in [0.3, 0.4) is 0 Å². The molecule has 48 valence electrons. The second-order valence-electron chi connectivity index (χ2n) is 1.91. The first-order valence-electron chi connectivity index (χ1n) is 2.63. The quantitative estimate of drug-likeness (QED) is 0.498. The minimum atomic E-state index is -0.259. The summed E-state index contributed by atoms with van der Waals surface area (Å²) in [6.07, 6.45) is 0. The van der Waals surface area contributed by atoms with Gasteiger partial charge in [0.25, 0.3) is 0 Å². The molecule has 0 atom stereocenters. The fourth-order valence-corrected chi connectivity index (χ4v) is 0.755. The number of benzene rings is 1. The van der Waals surface area contributed by atoms with Crippen LogP contribution in [0.25, 0.3) is 0 Å². The molecule has 0 amide bonds. The average Bonchev–Trinajstić information content (AvgIpc) is 1.80. The summed E-state index contributed by atoms with van der Waals surface area (Å²) in [7, 11) is 0. The highest BCUT2D eigenvalue weighted by atomic mass is 32.1. The van der Waals surface area contributed by atoms with Crippen LogP contribution in [0.15, 0.2) is 23.1 Å². The van der Waals surface area contributed by atoms with Gasteiger partial charge in [-0.2, -0.15) is 4.90 Å². The van der Waals surface area contributed by atoms with Crippen molar-refractivity contribution in [2.75, 3.05) is 0 Å². The van der Waals surface area contributed by atoms with Gasteiger partial charge in [-0.1, -0.05) is 11.6 Å². The molecule has 0 heterocycles. The Bertz CT molecular complexity index is 220. The third kappa shape index (κ3) is 1.39. The molecule has 0 spiro atoms. The highest BCUT2D eigenvalue weighted by Crippen LogP contribution is 2.07. The van der Waals surface area contributed by atoms with E-state index in [1.807, 2.05) is 6.92 Å². The van der Waals surface area contributed by atoms with E-state index in [0.717, 1.165) is 5.56 Å². The van der Waals surface area contributed by atoms with Gasteiger partial charge in [0.05, 0.1) is 0 Å². The van der Waals surface area contributed by atoms with E-state index in [1.165, 1.54) is 12.1 Å². The average molecular weight is 141 g/mol. The van der Waals surface area contributed by atoms with Crippen LogP contribution in [-0.4, -0.2) is 0 Å². The van der Waals surface area contributed by atoms with Gasteiger partial charge >= 0.3 is 0 Å². The molecule has 0 nitrogen and oxygen atoms in total. The van der Waals surface area contributed by atoms with Crippen molar-refractivity contribution < 1.29 is 4.39 Å². The molecular formula is C7H6FS-. The maximum atomic E-state index is 12.3. The first kappa shape index (κ1) is 6.49. The first-order chi connectivity index (χ1) is 4.20. The summed E-state index contributed by atoms with van der Waals surface area (Å²) in [5, 5.41) is 0. The van der Waals surface area contributed by atoms with Crippen molar-refractivity contribution in [1.82, 2.24) is 0 Å². The van der Waals surface area contributed by atoms with Gasteiger partial charge in [-0.15, -0.1) is 0 Å². The summed E-state index contributed by atoms with van der Waals surface area (Å²) < 4.78 is 12.3. The van der Waals surface area contributed by atoms with Gasteiger partial charge < -0.3 is 12.6 Å². The van der Waals surface area contributed by atoms with E-state index in [9.17, 15) is 4.39 Å². The van der Waals surface area contributed by atoms with Gasteiger partial charge in [0.1, 0.15) is 5.82 Å². The van der Waals surface area contributed by atoms with E-state index >= 15 is 0 Å². The molecule has 0 aliphatic heterocycles. The van der Waals surface area contributed by atoms with E-state index in [1.54, 1.807) is 6.07 Å². The predicted octanol–water partition coefficient (Wildman–Crippen LogP) is 2.04. The van der Waals surface area contributed by atoms with Crippen LogP contribution in [-0.2, 0) is 12.6 Å². The molecule has 0 aliphatic rings. The third-order valence-corrected chi connectivity index (χ3v) is 1.59. The Morgan fingerprint density at radius 1 is 1.44 bits per heavy atom. The molecule has 1 rings (SSSR count). The molecule has 2 heteroatoms. The topological polar surface area (TPSA) is 0 Å². The van der Waals surface area contributed by atoms with Crippen LogP contribution in [0, 0.1) is 12.7 Å². The normalized spacial score (nSPS) is 9.56. The van der Waals surface area contributed by atoms with Crippen molar-refractivity contribution in [2.45, 2.75) is 11.8 Å². The van der Waals surface area contributed by atoms with Gasteiger partial charge in [-0.05, 0) is 19.1 Å². The molecule has 0 saturated carbocycles.